The standard InChI is InChI=1S/C16H14N2O4S/c1-22-11-6-4-5-10(9-11)14(19)18-16(23)17-13-8-3-2-7-12(13)15(20)21/h2-9H,1H3,(H,20,21)(H2,17,18,19,23)/p-1. The van der Waals surface area contributed by atoms with E-state index >= 15 is 0 Å². The Bertz CT molecular complexity index is 761. The predicted octanol–water partition coefficient (Wildman–Crippen LogP) is 1.19. The molecule has 2 rings (SSSR count). The first-order valence-electron chi connectivity index (χ1n) is 6.58. The van der Waals surface area contributed by atoms with Crippen LogP contribution < -0.4 is 20.5 Å². The van der Waals surface area contributed by atoms with E-state index in [2.05, 4.69) is 10.6 Å². The van der Waals surface area contributed by atoms with Gasteiger partial charge in [0.25, 0.3) is 5.91 Å². The maximum absolute atomic E-state index is 12.1. The van der Waals surface area contributed by atoms with Gasteiger partial charge in [0.1, 0.15) is 5.75 Å². The minimum absolute atomic E-state index is 0.0217. The number of aromatic carboxylic acids is 1. The highest BCUT2D eigenvalue weighted by molar-refractivity contribution is 7.80. The quantitative estimate of drug-likeness (QED) is 0.819. The van der Waals surface area contributed by atoms with Crippen LogP contribution in [0.3, 0.4) is 0 Å². The smallest absolute Gasteiger partial charge is 0.257 e. The number of ether oxygens (including phenoxy) is 1. The van der Waals surface area contributed by atoms with Gasteiger partial charge in [0.2, 0.25) is 0 Å². The fraction of sp³-hybridized carbons (Fsp3) is 0.0625. The number of para-hydroxylation sites is 1. The molecule has 0 heterocycles. The number of hydrogen-bond acceptors (Lipinski definition) is 5. The van der Waals surface area contributed by atoms with Crippen LogP contribution in [0, 0.1) is 0 Å². The number of nitrogens with one attached hydrogen (secondary N) is 2. The molecule has 23 heavy (non-hydrogen) atoms. The third-order valence-corrected chi connectivity index (χ3v) is 3.16. The predicted molar refractivity (Wildman–Crippen MR) is 87.5 cm³/mol. The molecule has 118 valence electrons. The maximum Gasteiger partial charge on any atom is 0.257 e. The van der Waals surface area contributed by atoms with E-state index in [4.69, 9.17) is 17.0 Å². The van der Waals surface area contributed by atoms with Crippen molar-refractivity contribution in [2.45, 2.75) is 0 Å². The summed E-state index contributed by atoms with van der Waals surface area (Å²) in [6.07, 6.45) is 0. The Morgan fingerprint density at radius 2 is 1.87 bits per heavy atom. The molecule has 0 saturated carbocycles. The number of hydrogen-bond donors (Lipinski definition) is 2. The summed E-state index contributed by atoms with van der Waals surface area (Å²) < 4.78 is 5.05. The van der Waals surface area contributed by atoms with E-state index in [0.717, 1.165) is 0 Å². The van der Waals surface area contributed by atoms with Crippen molar-refractivity contribution in [2.75, 3.05) is 12.4 Å². The second-order valence-corrected chi connectivity index (χ2v) is 4.88. The van der Waals surface area contributed by atoms with Gasteiger partial charge in [-0.15, -0.1) is 0 Å². The van der Waals surface area contributed by atoms with Crippen LogP contribution in [0.15, 0.2) is 48.5 Å². The van der Waals surface area contributed by atoms with E-state index in [-0.39, 0.29) is 16.4 Å². The van der Waals surface area contributed by atoms with Crippen molar-refractivity contribution in [1.82, 2.24) is 5.32 Å². The molecule has 0 radical (unpaired) electrons. The maximum atomic E-state index is 12.1. The second kappa shape index (κ2) is 7.37. The van der Waals surface area contributed by atoms with Gasteiger partial charge in [-0.25, -0.2) is 0 Å². The van der Waals surface area contributed by atoms with E-state index in [1.165, 1.54) is 19.2 Å². The lowest BCUT2D eigenvalue weighted by atomic mass is 10.2. The van der Waals surface area contributed by atoms with Crippen LogP contribution in [-0.2, 0) is 0 Å². The van der Waals surface area contributed by atoms with Gasteiger partial charge < -0.3 is 20.0 Å². The molecular weight excluding hydrogens is 316 g/mol. The summed E-state index contributed by atoms with van der Waals surface area (Å²) in [5, 5.41) is 16.1. The lowest BCUT2D eigenvalue weighted by Crippen LogP contribution is -2.35. The van der Waals surface area contributed by atoms with Crippen molar-refractivity contribution in [1.29, 1.82) is 0 Å². The fourth-order valence-electron chi connectivity index (χ4n) is 1.86. The van der Waals surface area contributed by atoms with E-state index in [9.17, 15) is 14.7 Å². The molecule has 0 spiro atoms. The summed E-state index contributed by atoms with van der Waals surface area (Å²) >= 11 is 5.03. The topological polar surface area (TPSA) is 90.5 Å². The van der Waals surface area contributed by atoms with Crippen LogP contribution in [0.5, 0.6) is 5.75 Å². The van der Waals surface area contributed by atoms with Crippen LogP contribution in [-0.4, -0.2) is 24.1 Å². The molecular formula is C16H13N2O4S-. The molecule has 0 aliphatic heterocycles. The first-order chi connectivity index (χ1) is 11.0. The summed E-state index contributed by atoms with van der Waals surface area (Å²) in [4.78, 5) is 23.1. The minimum Gasteiger partial charge on any atom is -0.545 e. The number of carboxylic acid groups (broad SMARTS) is 1. The Balaban J connectivity index is 2.07. The third-order valence-electron chi connectivity index (χ3n) is 2.95. The molecule has 2 aromatic carbocycles. The van der Waals surface area contributed by atoms with Crippen molar-refractivity contribution < 1.29 is 19.4 Å². The third kappa shape index (κ3) is 4.27. The number of thiocarbonyl (C=S) groups is 1. The monoisotopic (exact) mass is 329 g/mol. The molecule has 0 aliphatic rings. The van der Waals surface area contributed by atoms with E-state index in [0.29, 0.717) is 11.3 Å². The Hall–Kier alpha value is -2.93. The van der Waals surface area contributed by atoms with E-state index in [1.807, 2.05) is 0 Å². The Morgan fingerprint density at radius 3 is 2.57 bits per heavy atom. The SMILES string of the molecule is COc1cccc(C(=O)NC(=S)Nc2ccccc2C(=O)[O-])c1. The van der Waals surface area contributed by atoms with Crippen LogP contribution in [0.2, 0.25) is 0 Å². The van der Waals surface area contributed by atoms with E-state index < -0.39 is 11.9 Å². The van der Waals surface area contributed by atoms with Crippen LogP contribution in [0.4, 0.5) is 5.69 Å². The molecule has 0 unspecified atom stereocenters. The zero-order chi connectivity index (χ0) is 16.8. The lowest BCUT2D eigenvalue weighted by Gasteiger charge is -2.14. The van der Waals surface area contributed by atoms with Gasteiger partial charge in [-0.2, -0.15) is 0 Å². The van der Waals surface area contributed by atoms with Gasteiger partial charge in [-0.3, -0.25) is 10.1 Å². The van der Waals surface area contributed by atoms with Gasteiger partial charge in [0, 0.05) is 16.8 Å². The molecule has 7 heteroatoms. The molecule has 0 aliphatic carbocycles. The molecule has 6 nitrogen and oxygen atoms in total. The average Bonchev–Trinajstić information content (AvgIpc) is 2.55. The average molecular weight is 329 g/mol. The number of carboxylic acids is 1. The first kappa shape index (κ1) is 16.4. The largest absolute Gasteiger partial charge is 0.545 e. The van der Waals surface area contributed by atoms with Gasteiger partial charge in [0.05, 0.1) is 13.1 Å². The summed E-state index contributed by atoms with van der Waals surface area (Å²) in [6.45, 7) is 0. The van der Waals surface area contributed by atoms with E-state index in [1.54, 1.807) is 36.4 Å². The number of rotatable bonds is 4. The van der Waals surface area contributed by atoms with Crippen LogP contribution >= 0.6 is 12.2 Å². The summed E-state index contributed by atoms with van der Waals surface area (Å²) in [6, 6.07) is 12.7. The molecule has 2 aromatic rings. The van der Waals surface area contributed by atoms with Crippen molar-refractivity contribution in [3.05, 3.63) is 59.7 Å². The summed E-state index contributed by atoms with van der Waals surface area (Å²) in [7, 11) is 1.50. The van der Waals surface area contributed by atoms with Gasteiger partial charge in [-0.05, 0) is 36.5 Å². The normalized spacial score (nSPS) is 9.78. The van der Waals surface area contributed by atoms with Gasteiger partial charge in [0.15, 0.2) is 5.11 Å². The number of carbonyl (C=O) groups is 2. The fourth-order valence-corrected chi connectivity index (χ4v) is 2.07. The Labute approximate surface area is 138 Å². The van der Waals surface area contributed by atoms with Crippen LogP contribution in [0.1, 0.15) is 20.7 Å². The van der Waals surface area contributed by atoms with Gasteiger partial charge in [-0.1, -0.05) is 24.3 Å². The summed E-state index contributed by atoms with van der Waals surface area (Å²) in [5.74, 6) is -1.24. The zero-order valence-corrected chi connectivity index (χ0v) is 13.0. The Morgan fingerprint density at radius 1 is 1.13 bits per heavy atom. The molecule has 0 saturated heterocycles. The molecule has 0 bridgehead atoms. The van der Waals surface area contributed by atoms with Crippen molar-refractivity contribution >= 4 is 34.9 Å². The first-order valence-corrected chi connectivity index (χ1v) is 6.99. The Kier molecular flexibility index (Phi) is 5.27. The minimum atomic E-state index is -1.34. The zero-order valence-electron chi connectivity index (χ0n) is 12.2. The second-order valence-electron chi connectivity index (χ2n) is 4.47. The number of carbonyl (C=O) groups excluding carboxylic acids is 2. The van der Waals surface area contributed by atoms with Gasteiger partial charge >= 0.3 is 0 Å². The number of amides is 1. The molecule has 0 fully saturated rings. The highest BCUT2D eigenvalue weighted by atomic mass is 32.1. The molecule has 1 amide bonds. The van der Waals surface area contributed by atoms with Crippen molar-refractivity contribution in [2.24, 2.45) is 0 Å². The number of benzene rings is 2. The number of methoxy groups -OCH3 is 1. The molecule has 2 N–H and O–H groups in total. The molecule has 0 atom stereocenters. The van der Waals surface area contributed by atoms with Crippen molar-refractivity contribution in [3.8, 4) is 5.75 Å². The summed E-state index contributed by atoms with van der Waals surface area (Å²) in [5.41, 5.74) is 0.551. The number of anilines is 1. The van der Waals surface area contributed by atoms with Crippen molar-refractivity contribution in [3.63, 3.8) is 0 Å². The highest BCUT2D eigenvalue weighted by Crippen LogP contribution is 2.15. The van der Waals surface area contributed by atoms with Crippen LogP contribution in [0.25, 0.3) is 0 Å². The lowest BCUT2D eigenvalue weighted by molar-refractivity contribution is -0.254. The highest BCUT2D eigenvalue weighted by Gasteiger charge is 2.10. The molecule has 0 aromatic heterocycles.